The number of halogens is 2. The van der Waals surface area contributed by atoms with Crippen LogP contribution in [-0.2, 0) is 4.79 Å². The number of nitrogens with zero attached hydrogens (tertiary/aromatic N) is 5. The molecule has 3 heterocycles. The number of aromatic nitrogens is 5. The molecule has 0 unspecified atom stereocenters. The van der Waals surface area contributed by atoms with Crippen molar-refractivity contribution in [2.24, 2.45) is 0 Å². The average molecular weight is 406 g/mol. The molecule has 0 radical (unpaired) electrons. The molecular formula is C18H20F2N6O3. The summed E-state index contributed by atoms with van der Waals surface area (Å²) in [6.07, 6.45) is 11.2. The molecule has 1 aliphatic rings. The molecule has 0 spiro atoms. The third-order valence-corrected chi connectivity index (χ3v) is 4.62. The van der Waals surface area contributed by atoms with Crippen LogP contribution >= 0.6 is 0 Å². The summed E-state index contributed by atoms with van der Waals surface area (Å²) in [5.74, 6) is -0.820. The molecule has 1 amide bonds. The number of anilines is 1. The Balaban J connectivity index is 0.00000117. The van der Waals surface area contributed by atoms with Crippen LogP contribution in [0, 0.1) is 0 Å². The minimum Gasteiger partial charge on any atom is -0.413 e. The molecule has 0 aromatic carbocycles. The first-order valence-corrected chi connectivity index (χ1v) is 9.04. The van der Waals surface area contributed by atoms with E-state index < -0.39 is 12.5 Å². The lowest BCUT2D eigenvalue weighted by molar-refractivity contribution is -0.0980. The van der Waals surface area contributed by atoms with Crippen LogP contribution in [0.25, 0.3) is 5.65 Å². The maximum absolute atomic E-state index is 12.8. The molecule has 11 heteroatoms. The number of ether oxygens (including phenoxy) is 1. The van der Waals surface area contributed by atoms with Gasteiger partial charge in [0.25, 0.3) is 11.8 Å². The first-order chi connectivity index (χ1) is 14.1. The third kappa shape index (κ3) is 4.55. The van der Waals surface area contributed by atoms with Crippen molar-refractivity contribution in [3.63, 3.8) is 0 Å². The van der Waals surface area contributed by atoms with Crippen molar-refractivity contribution in [1.82, 2.24) is 24.4 Å². The Morgan fingerprint density at radius 1 is 1.28 bits per heavy atom. The highest BCUT2D eigenvalue weighted by Crippen LogP contribution is 2.32. The van der Waals surface area contributed by atoms with E-state index in [0.717, 1.165) is 32.1 Å². The van der Waals surface area contributed by atoms with E-state index >= 15 is 0 Å². The second kappa shape index (κ2) is 9.22. The number of hydrogen-bond donors (Lipinski definition) is 1. The first kappa shape index (κ1) is 20.4. The highest BCUT2D eigenvalue weighted by Gasteiger charge is 2.23. The number of amides is 1. The van der Waals surface area contributed by atoms with E-state index in [1.165, 1.54) is 10.7 Å². The Labute approximate surface area is 164 Å². The molecule has 0 atom stereocenters. The van der Waals surface area contributed by atoms with Gasteiger partial charge in [-0.1, -0.05) is 19.3 Å². The van der Waals surface area contributed by atoms with E-state index in [2.05, 4.69) is 25.2 Å². The quantitative estimate of drug-likeness (QED) is 0.698. The maximum atomic E-state index is 12.8. The highest BCUT2D eigenvalue weighted by molar-refractivity contribution is 6.08. The summed E-state index contributed by atoms with van der Waals surface area (Å²) in [5, 5.41) is 10.8. The maximum Gasteiger partial charge on any atom is 0.388 e. The molecular weight excluding hydrogens is 386 g/mol. The summed E-state index contributed by atoms with van der Waals surface area (Å²) in [6, 6.07) is 1.80. The van der Waals surface area contributed by atoms with Gasteiger partial charge < -0.3 is 14.8 Å². The molecule has 9 nitrogen and oxygen atoms in total. The van der Waals surface area contributed by atoms with Crippen molar-refractivity contribution < 1.29 is 23.1 Å². The zero-order valence-electron chi connectivity index (χ0n) is 15.5. The number of rotatable bonds is 5. The van der Waals surface area contributed by atoms with Crippen LogP contribution < -0.4 is 10.1 Å². The van der Waals surface area contributed by atoms with Crippen LogP contribution in [-0.4, -0.2) is 43.7 Å². The lowest BCUT2D eigenvalue weighted by Crippen LogP contribution is -2.13. The fraction of sp³-hybridized carbons (Fsp3) is 0.389. The van der Waals surface area contributed by atoms with Gasteiger partial charge in [0.15, 0.2) is 5.65 Å². The number of fused-ring (bicyclic) bond motifs is 1. The molecule has 3 aromatic heterocycles. The molecule has 3 aromatic rings. The van der Waals surface area contributed by atoms with Gasteiger partial charge in [0.05, 0.1) is 18.4 Å². The van der Waals surface area contributed by atoms with Crippen molar-refractivity contribution >= 4 is 24.0 Å². The first-order valence-electron chi connectivity index (χ1n) is 9.04. The lowest BCUT2D eigenvalue weighted by Gasteiger charge is -2.21. The minimum absolute atomic E-state index is 0.0983. The van der Waals surface area contributed by atoms with Gasteiger partial charge in [0.2, 0.25) is 0 Å². The fourth-order valence-corrected chi connectivity index (χ4v) is 3.34. The van der Waals surface area contributed by atoms with Gasteiger partial charge in [-0.3, -0.25) is 9.48 Å². The second-order valence-electron chi connectivity index (χ2n) is 6.40. The number of carbonyl (C=O) groups is 2. The summed E-state index contributed by atoms with van der Waals surface area (Å²) < 4.78 is 33.1. The Morgan fingerprint density at radius 3 is 2.76 bits per heavy atom. The SMILES string of the molecule is C=O.O=C(Nc1cn(C2CCCCC2)nc1OC(F)F)c1cnn2cccnc12. The van der Waals surface area contributed by atoms with Crippen molar-refractivity contribution in [2.75, 3.05) is 5.32 Å². The number of carbonyl (C=O) groups excluding carboxylic acids is 2. The highest BCUT2D eigenvalue weighted by atomic mass is 19.3. The Hall–Kier alpha value is -3.37. The summed E-state index contributed by atoms with van der Waals surface area (Å²) in [6.45, 7) is -1.03. The number of hydrogen-bond acceptors (Lipinski definition) is 6. The van der Waals surface area contributed by atoms with Crippen LogP contribution in [0.3, 0.4) is 0 Å². The molecule has 0 saturated heterocycles. The average Bonchev–Trinajstić information content (AvgIpc) is 3.34. The van der Waals surface area contributed by atoms with Crippen LogP contribution in [0.15, 0.2) is 30.9 Å². The molecule has 1 fully saturated rings. The van der Waals surface area contributed by atoms with Crippen molar-refractivity contribution in [1.29, 1.82) is 0 Å². The largest absolute Gasteiger partial charge is 0.413 e. The van der Waals surface area contributed by atoms with Crippen LogP contribution in [0.2, 0.25) is 0 Å². The van der Waals surface area contributed by atoms with E-state index in [0.29, 0.717) is 5.65 Å². The van der Waals surface area contributed by atoms with Gasteiger partial charge in [0.1, 0.15) is 18.0 Å². The molecule has 1 N–H and O–H groups in total. The van der Waals surface area contributed by atoms with Gasteiger partial charge in [-0.2, -0.15) is 13.9 Å². The van der Waals surface area contributed by atoms with Crippen molar-refractivity contribution in [2.45, 2.75) is 44.8 Å². The normalized spacial score (nSPS) is 14.4. The molecule has 0 aliphatic heterocycles. The molecule has 29 heavy (non-hydrogen) atoms. The summed E-state index contributed by atoms with van der Waals surface area (Å²) in [7, 11) is 0. The third-order valence-electron chi connectivity index (χ3n) is 4.62. The summed E-state index contributed by atoms with van der Waals surface area (Å²) in [5.41, 5.74) is 0.691. The summed E-state index contributed by atoms with van der Waals surface area (Å²) >= 11 is 0. The Morgan fingerprint density at radius 2 is 2.03 bits per heavy atom. The predicted octanol–water partition coefficient (Wildman–Crippen LogP) is 3.10. The smallest absolute Gasteiger partial charge is 0.388 e. The second-order valence-corrected chi connectivity index (χ2v) is 6.40. The van der Waals surface area contributed by atoms with Crippen molar-refractivity contribution in [3.8, 4) is 5.88 Å². The Kier molecular flexibility index (Phi) is 6.47. The van der Waals surface area contributed by atoms with Gasteiger partial charge in [-0.25, -0.2) is 9.50 Å². The predicted molar refractivity (Wildman–Crippen MR) is 99.0 cm³/mol. The lowest BCUT2D eigenvalue weighted by atomic mass is 9.96. The van der Waals surface area contributed by atoms with E-state index in [4.69, 9.17) is 4.79 Å². The van der Waals surface area contributed by atoms with Gasteiger partial charge in [0, 0.05) is 12.4 Å². The van der Waals surface area contributed by atoms with E-state index in [-0.39, 0.29) is 23.2 Å². The minimum atomic E-state index is -3.03. The topological polar surface area (TPSA) is 103 Å². The summed E-state index contributed by atoms with van der Waals surface area (Å²) in [4.78, 5) is 24.7. The zero-order chi connectivity index (χ0) is 20.8. The fourth-order valence-electron chi connectivity index (χ4n) is 3.34. The van der Waals surface area contributed by atoms with E-state index in [1.54, 1.807) is 29.3 Å². The number of alkyl halides is 2. The van der Waals surface area contributed by atoms with E-state index in [1.807, 2.05) is 6.79 Å². The molecule has 4 rings (SSSR count). The van der Waals surface area contributed by atoms with Gasteiger partial charge >= 0.3 is 6.61 Å². The van der Waals surface area contributed by atoms with E-state index in [9.17, 15) is 13.6 Å². The molecule has 0 bridgehead atoms. The zero-order valence-corrected chi connectivity index (χ0v) is 15.5. The molecule has 154 valence electrons. The van der Waals surface area contributed by atoms with Crippen LogP contribution in [0.5, 0.6) is 5.88 Å². The molecule has 1 aliphatic carbocycles. The Bertz CT molecular complexity index is 968. The van der Waals surface area contributed by atoms with Gasteiger partial charge in [-0.05, 0) is 18.9 Å². The number of nitrogens with one attached hydrogen (secondary N) is 1. The van der Waals surface area contributed by atoms with Crippen molar-refractivity contribution in [3.05, 3.63) is 36.4 Å². The van der Waals surface area contributed by atoms with Crippen LogP contribution in [0.4, 0.5) is 14.5 Å². The standard InChI is InChI=1S/C17H18F2N6O2.CH2O/c18-17(19)27-16-13(10-25(23-16)11-5-2-1-3-6-11)22-15(26)12-9-21-24-8-4-7-20-14(12)24;1-2/h4,7-11,17H,1-3,5-6H2,(H,22,26);1H2. The van der Waals surface area contributed by atoms with Gasteiger partial charge in [-0.15, -0.1) is 5.10 Å². The van der Waals surface area contributed by atoms with Crippen LogP contribution in [0.1, 0.15) is 48.5 Å². The molecule has 1 saturated carbocycles. The monoisotopic (exact) mass is 406 g/mol.